The van der Waals surface area contributed by atoms with Crippen LogP contribution in [-0.2, 0) is 29.2 Å². The number of ether oxygens (including phenoxy) is 2. The second-order valence-electron chi connectivity index (χ2n) is 6.36. The topological polar surface area (TPSA) is 107 Å². The van der Waals surface area contributed by atoms with Crippen LogP contribution in [-0.4, -0.2) is 66.4 Å². The molecule has 158 valence electrons. The molecule has 0 aliphatic carbocycles. The van der Waals surface area contributed by atoms with Gasteiger partial charge in [0.2, 0.25) is 0 Å². The normalized spacial score (nSPS) is 12.1. The van der Waals surface area contributed by atoms with E-state index in [1.807, 2.05) is 0 Å². The Hall–Kier alpha value is -0.384. The number of rotatable bonds is 16. The van der Waals surface area contributed by atoms with Gasteiger partial charge in [0.15, 0.2) is 5.25 Å². The summed E-state index contributed by atoms with van der Waals surface area (Å²) in [6.07, 6.45) is 10.5. The van der Waals surface area contributed by atoms with Crippen molar-refractivity contribution in [1.82, 2.24) is 0 Å². The van der Waals surface area contributed by atoms with Crippen molar-refractivity contribution in [1.29, 1.82) is 0 Å². The molecule has 0 heterocycles. The number of esters is 2. The first kappa shape index (κ1) is 28.8. The molecular formula is C18H36MgO7S. The fourth-order valence-corrected chi connectivity index (χ4v) is 3.19. The van der Waals surface area contributed by atoms with Gasteiger partial charge in [-0.2, -0.15) is 8.42 Å². The SMILES string of the molecule is CCCCCCCCCCCCOC(=O)C(CC(=O)OCC)S(=O)(=O)O.[MgH2]. The second kappa shape index (κ2) is 17.7. The molecule has 1 unspecified atom stereocenters. The molecule has 0 fully saturated rings. The number of unbranched alkanes of at least 4 members (excludes halogenated alkanes) is 9. The summed E-state index contributed by atoms with van der Waals surface area (Å²) in [7, 11) is -4.72. The van der Waals surface area contributed by atoms with Gasteiger partial charge >= 0.3 is 35.0 Å². The minimum absolute atomic E-state index is 0. The molecule has 1 N–H and O–H groups in total. The first-order valence-corrected chi connectivity index (χ1v) is 11.1. The lowest BCUT2D eigenvalue weighted by molar-refractivity contribution is -0.149. The zero-order valence-corrected chi connectivity index (χ0v) is 16.9. The Kier molecular flexibility index (Phi) is 18.9. The Labute approximate surface area is 179 Å². The van der Waals surface area contributed by atoms with Crippen molar-refractivity contribution in [3.05, 3.63) is 0 Å². The van der Waals surface area contributed by atoms with Gasteiger partial charge in [0.1, 0.15) is 0 Å². The van der Waals surface area contributed by atoms with Crippen LogP contribution in [0.1, 0.15) is 84.5 Å². The van der Waals surface area contributed by atoms with Crippen LogP contribution in [0.5, 0.6) is 0 Å². The van der Waals surface area contributed by atoms with E-state index in [1.165, 1.54) is 38.5 Å². The number of hydrogen-bond acceptors (Lipinski definition) is 6. The molecular weight excluding hydrogens is 385 g/mol. The quantitative estimate of drug-likeness (QED) is 0.177. The molecule has 0 aliphatic rings. The summed E-state index contributed by atoms with van der Waals surface area (Å²) in [5.74, 6) is -1.98. The van der Waals surface area contributed by atoms with Crippen molar-refractivity contribution in [2.75, 3.05) is 13.2 Å². The lowest BCUT2D eigenvalue weighted by Gasteiger charge is -2.12. The molecule has 0 saturated carbocycles. The summed E-state index contributed by atoms with van der Waals surface area (Å²) < 4.78 is 41.1. The molecule has 27 heavy (non-hydrogen) atoms. The summed E-state index contributed by atoms with van der Waals surface area (Å²) >= 11 is 0. The Bertz CT molecular complexity index is 494. The van der Waals surface area contributed by atoms with Crippen LogP contribution in [0.15, 0.2) is 0 Å². The molecule has 0 aliphatic heterocycles. The van der Waals surface area contributed by atoms with Gasteiger partial charge in [-0.15, -0.1) is 0 Å². The van der Waals surface area contributed by atoms with E-state index in [1.54, 1.807) is 6.92 Å². The van der Waals surface area contributed by atoms with Crippen LogP contribution in [0.4, 0.5) is 0 Å². The molecule has 0 saturated heterocycles. The van der Waals surface area contributed by atoms with Crippen molar-refractivity contribution >= 4 is 45.1 Å². The Morgan fingerprint density at radius 2 is 1.33 bits per heavy atom. The van der Waals surface area contributed by atoms with Crippen LogP contribution < -0.4 is 0 Å². The van der Waals surface area contributed by atoms with Crippen LogP contribution in [0, 0.1) is 0 Å². The predicted molar refractivity (Wildman–Crippen MR) is 108 cm³/mol. The Morgan fingerprint density at radius 3 is 1.78 bits per heavy atom. The van der Waals surface area contributed by atoms with Gasteiger partial charge in [-0.1, -0.05) is 64.7 Å². The summed E-state index contributed by atoms with van der Waals surface area (Å²) in [5.41, 5.74) is 0. The maximum absolute atomic E-state index is 11.8. The van der Waals surface area contributed by atoms with Gasteiger partial charge in [-0.05, 0) is 13.3 Å². The average molecular weight is 421 g/mol. The first-order chi connectivity index (χ1) is 12.3. The fourth-order valence-electron chi connectivity index (χ4n) is 2.54. The highest BCUT2D eigenvalue weighted by Gasteiger charge is 2.35. The van der Waals surface area contributed by atoms with E-state index in [9.17, 15) is 18.0 Å². The zero-order valence-electron chi connectivity index (χ0n) is 16.1. The third-order valence-electron chi connectivity index (χ3n) is 4.02. The molecule has 1 atom stereocenters. The lowest BCUT2D eigenvalue weighted by atomic mass is 10.1. The van der Waals surface area contributed by atoms with Crippen LogP contribution >= 0.6 is 0 Å². The number of carbonyl (C=O) groups is 2. The highest BCUT2D eigenvalue weighted by atomic mass is 32.2. The summed E-state index contributed by atoms with van der Waals surface area (Å²) in [5, 5.41) is -1.93. The molecule has 0 radical (unpaired) electrons. The van der Waals surface area contributed by atoms with Crippen LogP contribution in [0.25, 0.3) is 0 Å². The van der Waals surface area contributed by atoms with E-state index in [-0.39, 0.29) is 36.3 Å². The molecule has 0 aromatic heterocycles. The fraction of sp³-hybridized carbons (Fsp3) is 0.889. The largest absolute Gasteiger partial charge is 0.466 e. The van der Waals surface area contributed by atoms with E-state index in [2.05, 4.69) is 11.7 Å². The molecule has 7 nitrogen and oxygen atoms in total. The average Bonchev–Trinajstić information content (AvgIpc) is 2.56. The van der Waals surface area contributed by atoms with Crippen LogP contribution in [0.3, 0.4) is 0 Å². The van der Waals surface area contributed by atoms with Gasteiger partial charge in [0.25, 0.3) is 10.1 Å². The van der Waals surface area contributed by atoms with Gasteiger partial charge < -0.3 is 9.47 Å². The maximum atomic E-state index is 11.8. The van der Waals surface area contributed by atoms with Crippen molar-refractivity contribution in [3.8, 4) is 0 Å². The van der Waals surface area contributed by atoms with E-state index < -0.39 is 33.7 Å². The molecule has 0 bridgehead atoms. The monoisotopic (exact) mass is 420 g/mol. The van der Waals surface area contributed by atoms with Gasteiger partial charge in [0, 0.05) is 0 Å². The Morgan fingerprint density at radius 1 is 0.852 bits per heavy atom. The third-order valence-corrected chi connectivity index (χ3v) is 5.10. The van der Waals surface area contributed by atoms with Crippen molar-refractivity contribution in [3.63, 3.8) is 0 Å². The highest BCUT2D eigenvalue weighted by molar-refractivity contribution is 7.87. The molecule has 0 aromatic carbocycles. The second-order valence-corrected chi connectivity index (χ2v) is 7.96. The van der Waals surface area contributed by atoms with Crippen molar-refractivity contribution < 1.29 is 32.0 Å². The smallest absolute Gasteiger partial charge is 0.327 e. The summed E-state index contributed by atoms with van der Waals surface area (Å²) in [4.78, 5) is 23.2. The van der Waals surface area contributed by atoms with E-state index in [0.717, 1.165) is 19.3 Å². The maximum Gasteiger partial charge on any atom is 0.327 e. The zero-order chi connectivity index (χ0) is 19.8. The third kappa shape index (κ3) is 16.3. The first-order valence-electron chi connectivity index (χ1n) is 9.61. The van der Waals surface area contributed by atoms with Crippen molar-refractivity contribution in [2.45, 2.75) is 89.7 Å². The van der Waals surface area contributed by atoms with Gasteiger partial charge in [-0.25, -0.2) is 0 Å². The van der Waals surface area contributed by atoms with Crippen LogP contribution in [0.2, 0.25) is 0 Å². The molecule has 0 amide bonds. The van der Waals surface area contributed by atoms with E-state index in [4.69, 9.17) is 9.29 Å². The minimum Gasteiger partial charge on any atom is -0.466 e. The van der Waals surface area contributed by atoms with E-state index >= 15 is 0 Å². The number of hydrogen-bond donors (Lipinski definition) is 1. The minimum atomic E-state index is -4.72. The van der Waals surface area contributed by atoms with Gasteiger partial charge in [0.05, 0.1) is 19.6 Å². The molecule has 0 spiro atoms. The number of carbonyl (C=O) groups excluding carboxylic acids is 2. The standard InChI is InChI=1S/C18H34O7S.Mg.2H/c1-3-5-6-7-8-9-10-11-12-13-14-25-18(20)16(26(21,22)23)15-17(19)24-4-2;;;/h16H,3-15H2,1-2H3,(H,21,22,23);;;. The Balaban J connectivity index is 0. The van der Waals surface area contributed by atoms with E-state index in [0.29, 0.717) is 6.42 Å². The van der Waals surface area contributed by atoms with Crippen molar-refractivity contribution in [2.24, 2.45) is 0 Å². The molecule has 9 heteroatoms. The molecule has 0 aromatic rings. The lowest BCUT2D eigenvalue weighted by Crippen LogP contribution is -2.34. The van der Waals surface area contributed by atoms with Gasteiger partial charge in [-0.3, -0.25) is 14.1 Å². The predicted octanol–water partition coefficient (Wildman–Crippen LogP) is 2.74. The highest BCUT2D eigenvalue weighted by Crippen LogP contribution is 2.12. The summed E-state index contributed by atoms with van der Waals surface area (Å²) in [6, 6.07) is 0. The molecule has 0 rings (SSSR count). The summed E-state index contributed by atoms with van der Waals surface area (Å²) in [6.45, 7) is 3.89.